The summed E-state index contributed by atoms with van der Waals surface area (Å²) < 4.78 is 6.14. The van der Waals surface area contributed by atoms with Gasteiger partial charge in [-0.05, 0) is 11.4 Å². The van der Waals surface area contributed by atoms with Crippen LogP contribution in [0.5, 0.6) is 11.8 Å². The topological polar surface area (TPSA) is 71.7 Å². The second-order valence-electron chi connectivity index (χ2n) is 2.97. The number of aromatic nitrogens is 1. The third kappa shape index (κ3) is 1.42. The van der Waals surface area contributed by atoms with Crippen molar-refractivity contribution in [2.24, 2.45) is 0 Å². The minimum Gasteiger partial charge on any atom is -0.494 e. The molecule has 0 aromatic carbocycles. The first-order valence-corrected chi connectivity index (χ1v) is 5.07. The fraction of sp³-hybridized carbons (Fsp3) is 0.222. The average molecular weight is 227 g/mol. The Morgan fingerprint density at radius 3 is 2.87 bits per heavy atom. The highest BCUT2D eigenvalue weighted by Crippen LogP contribution is 2.39. The molecule has 0 aliphatic rings. The van der Waals surface area contributed by atoms with Gasteiger partial charge >= 0.3 is 5.97 Å². The van der Waals surface area contributed by atoms with E-state index in [1.807, 2.05) is 0 Å². The number of ether oxygens (including phenoxy) is 1. The molecule has 15 heavy (non-hydrogen) atoms. The number of carbonyl (C=O) groups is 1. The first-order valence-electron chi connectivity index (χ1n) is 4.19. The van der Waals surface area contributed by atoms with Crippen LogP contribution in [0.15, 0.2) is 11.4 Å². The fourth-order valence-electron chi connectivity index (χ4n) is 1.37. The van der Waals surface area contributed by atoms with Gasteiger partial charge in [-0.2, -0.15) is 0 Å². The maximum atomic E-state index is 11.0. The molecule has 2 aromatic rings. The van der Waals surface area contributed by atoms with Gasteiger partial charge in [-0.25, -0.2) is 0 Å². The predicted molar refractivity (Wildman–Crippen MR) is 55.2 cm³/mol. The lowest BCUT2D eigenvalue weighted by atomic mass is 10.4. The molecule has 0 aliphatic carbocycles. The number of esters is 1. The summed E-state index contributed by atoms with van der Waals surface area (Å²) in [6, 6.07) is 1.68. The van der Waals surface area contributed by atoms with Crippen molar-refractivity contribution in [2.75, 3.05) is 7.11 Å². The normalized spacial score (nSPS) is 10.7. The Hall–Kier alpha value is -1.69. The zero-order valence-electron chi connectivity index (χ0n) is 7.93. The summed E-state index contributed by atoms with van der Waals surface area (Å²) in [5.41, 5.74) is 0. The van der Waals surface area contributed by atoms with Gasteiger partial charge in [0.1, 0.15) is 6.54 Å². The van der Waals surface area contributed by atoms with Crippen LogP contribution >= 0.6 is 11.3 Å². The average Bonchev–Trinajstić information content (AvgIpc) is 2.78. The standard InChI is InChI=1S/C9H9NO4S/c1-14-6(11)4-10-8(12)5-2-3-15-7(5)9(10)13/h2-3,12-13H,4H2,1H3. The van der Waals surface area contributed by atoms with E-state index in [-0.39, 0.29) is 18.3 Å². The lowest BCUT2D eigenvalue weighted by molar-refractivity contribution is -0.141. The van der Waals surface area contributed by atoms with Crippen molar-refractivity contribution in [1.29, 1.82) is 0 Å². The van der Waals surface area contributed by atoms with Gasteiger partial charge in [0.15, 0.2) is 0 Å². The molecule has 0 fully saturated rings. The lowest BCUT2D eigenvalue weighted by Crippen LogP contribution is -2.10. The first-order chi connectivity index (χ1) is 7.15. The van der Waals surface area contributed by atoms with Crippen molar-refractivity contribution >= 4 is 27.4 Å². The molecular weight excluding hydrogens is 218 g/mol. The molecule has 0 aliphatic heterocycles. The number of methoxy groups -OCH3 is 1. The highest BCUT2D eigenvalue weighted by Gasteiger charge is 2.18. The summed E-state index contributed by atoms with van der Waals surface area (Å²) in [4.78, 5) is 11.0. The number of fused-ring (bicyclic) bond motifs is 1. The monoisotopic (exact) mass is 227 g/mol. The van der Waals surface area contributed by atoms with Gasteiger partial charge in [-0.15, -0.1) is 11.3 Å². The summed E-state index contributed by atoms with van der Waals surface area (Å²) in [5, 5.41) is 21.7. The molecule has 0 unspecified atom stereocenters. The molecule has 6 heteroatoms. The maximum Gasteiger partial charge on any atom is 0.325 e. The smallest absolute Gasteiger partial charge is 0.325 e. The number of nitrogens with zero attached hydrogens (tertiary/aromatic N) is 1. The molecule has 0 saturated carbocycles. The highest BCUT2D eigenvalue weighted by atomic mass is 32.1. The summed E-state index contributed by atoms with van der Waals surface area (Å²) in [5.74, 6) is -0.750. The van der Waals surface area contributed by atoms with Gasteiger partial charge in [-0.3, -0.25) is 9.36 Å². The second-order valence-corrected chi connectivity index (χ2v) is 3.89. The number of thiophene rings is 1. The molecule has 2 heterocycles. The number of carbonyl (C=O) groups excluding carboxylic acids is 1. The Labute approximate surface area is 89.1 Å². The minimum atomic E-state index is -0.525. The molecule has 0 bridgehead atoms. The minimum absolute atomic E-state index is 0.108. The largest absolute Gasteiger partial charge is 0.494 e. The van der Waals surface area contributed by atoms with Crippen LogP contribution in [-0.4, -0.2) is 27.9 Å². The molecule has 5 nitrogen and oxygen atoms in total. The van der Waals surface area contributed by atoms with Crippen molar-refractivity contribution < 1.29 is 19.7 Å². The van der Waals surface area contributed by atoms with Crippen molar-refractivity contribution in [3.63, 3.8) is 0 Å². The van der Waals surface area contributed by atoms with Crippen LogP contribution in [0.1, 0.15) is 0 Å². The Kier molecular flexibility index (Phi) is 2.28. The Morgan fingerprint density at radius 2 is 2.27 bits per heavy atom. The zero-order chi connectivity index (χ0) is 11.0. The first kappa shape index (κ1) is 9.85. The van der Waals surface area contributed by atoms with E-state index in [0.717, 1.165) is 4.57 Å². The maximum absolute atomic E-state index is 11.0. The molecule has 0 saturated heterocycles. The van der Waals surface area contributed by atoms with Crippen LogP contribution in [0.3, 0.4) is 0 Å². The van der Waals surface area contributed by atoms with Gasteiger partial charge in [0.05, 0.1) is 17.2 Å². The Bertz CT molecular complexity index is 479. The van der Waals surface area contributed by atoms with E-state index in [9.17, 15) is 15.0 Å². The molecule has 2 N–H and O–H groups in total. The SMILES string of the molecule is COC(=O)Cn1c(O)c2ccsc2c1O. The number of aromatic hydroxyl groups is 2. The van der Waals surface area contributed by atoms with Gasteiger partial charge < -0.3 is 14.9 Å². The third-order valence-corrected chi connectivity index (χ3v) is 3.05. The highest BCUT2D eigenvalue weighted by molar-refractivity contribution is 7.17. The van der Waals surface area contributed by atoms with Crippen molar-refractivity contribution in [2.45, 2.75) is 6.54 Å². The van der Waals surface area contributed by atoms with Gasteiger partial charge in [0, 0.05) is 0 Å². The van der Waals surface area contributed by atoms with E-state index in [0.29, 0.717) is 10.1 Å². The lowest BCUT2D eigenvalue weighted by Gasteiger charge is -2.04. The van der Waals surface area contributed by atoms with E-state index in [2.05, 4.69) is 4.74 Å². The van der Waals surface area contributed by atoms with Crippen LogP contribution in [0.2, 0.25) is 0 Å². The van der Waals surface area contributed by atoms with Crippen LogP contribution in [0.4, 0.5) is 0 Å². The van der Waals surface area contributed by atoms with Gasteiger partial charge in [-0.1, -0.05) is 0 Å². The second kappa shape index (κ2) is 3.47. The number of hydrogen-bond acceptors (Lipinski definition) is 5. The van der Waals surface area contributed by atoms with Crippen molar-refractivity contribution in [3.05, 3.63) is 11.4 Å². The van der Waals surface area contributed by atoms with E-state index < -0.39 is 5.97 Å². The van der Waals surface area contributed by atoms with Crippen molar-refractivity contribution in [3.8, 4) is 11.8 Å². The molecule has 80 valence electrons. The third-order valence-electron chi connectivity index (χ3n) is 2.14. The number of rotatable bonds is 2. The molecule has 0 radical (unpaired) electrons. The predicted octanol–water partition coefficient (Wildman–Crippen LogP) is 1.29. The molecular formula is C9H9NO4S. The summed E-state index contributed by atoms with van der Waals surface area (Å²) >= 11 is 1.30. The number of hydrogen-bond donors (Lipinski definition) is 2. The fourth-order valence-corrected chi connectivity index (χ4v) is 2.21. The van der Waals surface area contributed by atoms with E-state index in [1.54, 1.807) is 11.4 Å². The molecule has 0 spiro atoms. The molecule has 2 aromatic heterocycles. The summed E-state index contributed by atoms with van der Waals surface area (Å²) in [6.07, 6.45) is 0. The molecule has 0 atom stereocenters. The van der Waals surface area contributed by atoms with Gasteiger partial charge in [0.2, 0.25) is 11.8 Å². The zero-order valence-corrected chi connectivity index (χ0v) is 8.74. The quantitative estimate of drug-likeness (QED) is 0.758. The summed E-state index contributed by atoms with van der Waals surface area (Å²) in [6.45, 7) is -0.199. The van der Waals surface area contributed by atoms with Crippen molar-refractivity contribution in [1.82, 2.24) is 4.57 Å². The van der Waals surface area contributed by atoms with E-state index >= 15 is 0 Å². The Balaban J connectivity index is 2.50. The Morgan fingerprint density at radius 1 is 1.53 bits per heavy atom. The van der Waals surface area contributed by atoms with Crippen LogP contribution in [-0.2, 0) is 16.1 Å². The van der Waals surface area contributed by atoms with Crippen LogP contribution < -0.4 is 0 Å². The molecule has 2 rings (SSSR count). The van der Waals surface area contributed by atoms with E-state index in [1.165, 1.54) is 18.4 Å². The van der Waals surface area contributed by atoms with Gasteiger partial charge in [0.25, 0.3) is 0 Å². The van der Waals surface area contributed by atoms with Crippen LogP contribution in [0.25, 0.3) is 10.1 Å². The van der Waals surface area contributed by atoms with Crippen LogP contribution in [0, 0.1) is 0 Å². The van der Waals surface area contributed by atoms with E-state index in [4.69, 9.17) is 0 Å². The summed E-state index contributed by atoms with van der Waals surface area (Å²) in [7, 11) is 1.25. The molecule has 0 amide bonds.